The first-order valence-corrected chi connectivity index (χ1v) is 9.23. The molecular weight excluding hydrogens is 407 g/mol. The summed E-state index contributed by atoms with van der Waals surface area (Å²) in [4.78, 5) is 24.0. The molecule has 1 amide bonds. The maximum absolute atomic E-state index is 12.4. The number of nitrogens with zero attached hydrogens (tertiary/aromatic N) is 2. The lowest BCUT2D eigenvalue weighted by Gasteiger charge is -2.22. The highest BCUT2D eigenvalue weighted by Gasteiger charge is 2.30. The summed E-state index contributed by atoms with van der Waals surface area (Å²) in [7, 11) is 0. The number of aromatic nitrogens is 3. The topological polar surface area (TPSA) is 82.7 Å². The third-order valence-corrected chi connectivity index (χ3v) is 4.49. The van der Waals surface area contributed by atoms with Crippen LogP contribution in [0.4, 0.5) is 19.0 Å². The van der Waals surface area contributed by atoms with E-state index in [1.165, 1.54) is 6.20 Å². The number of hydrogen-bond donors (Lipinski definition) is 3. The quantitative estimate of drug-likeness (QED) is 0.547. The maximum Gasteiger partial charge on any atom is 0.405 e. The number of anilines is 1. The minimum atomic E-state index is -4.48. The van der Waals surface area contributed by atoms with Gasteiger partial charge in [0.2, 0.25) is 5.91 Å². The van der Waals surface area contributed by atoms with Gasteiger partial charge in [0.1, 0.15) is 18.4 Å². The Morgan fingerprint density at radius 3 is 2.72 bits per heavy atom. The van der Waals surface area contributed by atoms with Crippen LogP contribution in [-0.4, -0.2) is 39.6 Å². The Morgan fingerprint density at radius 1 is 1.28 bits per heavy atom. The molecule has 29 heavy (non-hydrogen) atoms. The first kappa shape index (κ1) is 20.9. The molecule has 0 bridgehead atoms. The van der Waals surface area contributed by atoms with Gasteiger partial charge >= 0.3 is 6.18 Å². The smallest absolute Gasteiger partial charge is 0.360 e. The van der Waals surface area contributed by atoms with Gasteiger partial charge in [-0.05, 0) is 30.2 Å². The number of halogens is 4. The van der Waals surface area contributed by atoms with Gasteiger partial charge in [-0.15, -0.1) is 0 Å². The summed E-state index contributed by atoms with van der Waals surface area (Å²) >= 11 is 6.07. The highest BCUT2D eigenvalue weighted by molar-refractivity contribution is 6.31. The van der Waals surface area contributed by atoms with Crippen LogP contribution < -0.4 is 10.6 Å². The molecule has 0 aliphatic carbocycles. The fourth-order valence-corrected chi connectivity index (χ4v) is 3.01. The maximum atomic E-state index is 12.4. The molecule has 0 unspecified atom stereocenters. The van der Waals surface area contributed by atoms with Gasteiger partial charge in [0.15, 0.2) is 5.82 Å². The molecule has 3 aromatic rings. The minimum Gasteiger partial charge on any atom is -0.360 e. The second-order valence-corrected chi connectivity index (χ2v) is 7.29. The van der Waals surface area contributed by atoms with Gasteiger partial charge < -0.3 is 15.6 Å². The van der Waals surface area contributed by atoms with Crippen LogP contribution in [0.25, 0.3) is 22.3 Å². The predicted octanol–water partition coefficient (Wildman–Crippen LogP) is 4.39. The second kappa shape index (κ2) is 8.28. The highest BCUT2D eigenvalue weighted by atomic mass is 35.5. The van der Waals surface area contributed by atoms with Gasteiger partial charge in [-0.3, -0.25) is 4.79 Å². The highest BCUT2D eigenvalue weighted by Crippen LogP contribution is 2.29. The molecule has 0 aliphatic heterocycles. The van der Waals surface area contributed by atoms with Crippen LogP contribution in [0.1, 0.15) is 13.8 Å². The number of hydrogen-bond acceptors (Lipinski definition) is 4. The first-order valence-electron chi connectivity index (χ1n) is 8.85. The average molecular weight is 426 g/mol. The number of carbonyl (C=O) groups is 1. The summed E-state index contributed by atoms with van der Waals surface area (Å²) in [5.74, 6) is -0.307. The molecule has 6 nitrogen and oxygen atoms in total. The summed E-state index contributed by atoms with van der Waals surface area (Å²) in [5.41, 5.74) is 1.58. The van der Waals surface area contributed by atoms with E-state index in [0.717, 1.165) is 10.9 Å². The molecule has 10 heteroatoms. The summed E-state index contributed by atoms with van der Waals surface area (Å²) in [6.07, 6.45) is -1.22. The van der Waals surface area contributed by atoms with E-state index in [4.69, 9.17) is 11.6 Å². The molecule has 0 radical (unpaired) electrons. The Bertz CT molecular complexity index is 1020. The molecule has 0 saturated carbocycles. The van der Waals surface area contributed by atoms with E-state index in [1.54, 1.807) is 38.2 Å². The molecule has 0 fully saturated rings. The van der Waals surface area contributed by atoms with Crippen molar-refractivity contribution in [2.45, 2.75) is 26.1 Å². The third kappa shape index (κ3) is 5.17. The van der Waals surface area contributed by atoms with E-state index in [2.05, 4.69) is 20.3 Å². The van der Waals surface area contributed by atoms with Crippen molar-refractivity contribution in [2.24, 2.45) is 5.92 Å². The first-order chi connectivity index (χ1) is 13.6. The molecule has 154 valence electrons. The normalized spacial score (nSPS) is 12.9. The number of alkyl halides is 3. The van der Waals surface area contributed by atoms with E-state index in [1.807, 2.05) is 11.4 Å². The van der Waals surface area contributed by atoms with Crippen LogP contribution in [-0.2, 0) is 4.79 Å². The molecule has 3 rings (SSSR count). The molecule has 0 aliphatic rings. The SMILES string of the molecule is CC(C)[C@@H](Nc1ccnc(-c2c[nH]c3ccc(Cl)cc23)n1)C(=O)NCC(F)(F)F. The van der Waals surface area contributed by atoms with Gasteiger partial charge in [0, 0.05) is 33.9 Å². The van der Waals surface area contributed by atoms with E-state index >= 15 is 0 Å². The lowest BCUT2D eigenvalue weighted by molar-refractivity contribution is -0.139. The average Bonchev–Trinajstić information content (AvgIpc) is 3.06. The predicted molar refractivity (Wildman–Crippen MR) is 106 cm³/mol. The molecule has 2 heterocycles. The van der Waals surface area contributed by atoms with Crippen LogP contribution in [0.15, 0.2) is 36.7 Å². The number of carbonyl (C=O) groups excluding carboxylic acids is 1. The molecule has 3 N–H and O–H groups in total. The minimum absolute atomic E-state index is 0.270. The lowest BCUT2D eigenvalue weighted by Crippen LogP contribution is -2.46. The van der Waals surface area contributed by atoms with Crippen LogP contribution in [0, 0.1) is 5.92 Å². The summed E-state index contributed by atoms with van der Waals surface area (Å²) < 4.78 is 37.2. The zero-order valence-electron chi connectivity index (χ0n) is 15.6. The molecule has 1 atom stereocenters. The van der Waals surface area contributed by atoms with Gasteiger partial charge in [-0.2, -0.15) is 13.2 Å². The van der Waals surface area contributed by atoms with E-state index in [-0.39, 0.29) is 5.92 Å². The van der Waals surface area contributed by atoms with Crippen molar-refractivity contribution in [3.05, 3.63) is 41.7 Å². The number of nitrogens with one attached hydrogen (secondary N) is 3. The Morgan fingerprint density at radius 2 is 2.03 bits per heavy atom. The molecular formula is C19H19ClF3N5O. The van der Waals surface area contributed by atoms with Crippen LogP contribution >= 0.6 is 11.6 Å². The van der Waals surface area contributed by atoms with Crippen molar-refractivity contribution in [3.63, 3.8) is 0 Å². The van der Waals surface area contributed by atoms with Crippen molar-refractivity contribution < 1.29 is 18.0 Å². The van der Waals surface area contributed by atoms with E-state index in [9.17, 15) is 18.0 Å². The standard InChI is InChI=1S/C19H19ClF3N5O/c1-10(2)16(18(29)26-9-19(21,22)23)27-15-5-6-24-17(28-15)13-8-25-14-4-3-11(20)7-12(13)14/h3-8,10,16,25H,9H2,1-2H3,(H,26,29)(H,24,27,28)/t16-/m1/s1. The number of amides is 1. The summed E-state index contributed by atoms with van der Waals surface area (Å²) in [6, 6.07) is 6.04. The number of benzene rings is 1. The Balaban J connectivity index is 1.84. The second-order valence-electron chi connectivity index (χ2n) is 6.86. The Labute approximate surface area is 169 Å². The largest absolute Gasteiger partial charge is 0.405 e. The zero-order valence-corrected chi connectivity index (χ0v) is 16.4. The van der Waals surface area contributed by atoms with Crippen LogP contribution in [0.5, 0.6) is 0 Å². The number of fused-ring (bicyclic) bond motifs is 1. The molecule has 1 aromatic carbocycles. The molecule has 2 aromatic heterocycles. The van der Waals surface area contributed by atoms with Crippen molar-refractivity contribution >= 4 is 34.2 Å². The fourth-order valence-electron chi connectivity index (χ4n) is 2.84. The van der Waals surface area contributed by atoms with Gasteiger partial charge in [0.05, 0.1) is 0 Å². The fraction of sp³-hybridized carbons (Fsp3) is 0.316. The monoisotopic (exact) mass is 425 g/mol. The van der Waals surface area contributed by atoms with Crippen molar-refractivity contribution in [2.75, 3.05) is 11.9 Å². The van der Waals surface area contributed by atoms with Crippen molar-refractivity contribution in [1.82, 2.24) is 20.3 Å². The third-order valence-electron chi connectivity index (χ3n) is 4.26. The zero-order chi connectivity index (χ0) is 21.2. The van der Waals surface area contributed by atoms with E-state index < -0.39 is 24.7 Å². The van der Waals surface area contributed by atoms with Crippen LogP contribution in [0.3, 0.4) is 0 Å². The Hall–Kier alpha value is -2.81. The van der Waals surface area contributed by atoms with E-state index in [0.29, 0.717) is 22.2 Å². The molecule has 0 spiro atoms. The van der Waals surface area contributed by atoms with Gasteiger partial charge in [-0.25, -0.2) is 9.97 Å². The Kier molecular flexibility index (Phi) is 5.97. The number of aromatic amines is 1. The number of rotatable bonds is 6. The number of H-pyrrole nitrogens is 1. The van der Waals surface area contributed by atoms with Crippen molar-refractivity contribution in [1.29, 1.82) is 0 Å². The van der Waals surface area contributed by atoms with Gasteiger partial charge in [-0.1, -0.05) is 25.4 Å². The molecule has 0 saturated heterocycles. The summed E-state index contributed by atoms with van der Waals surface area (Å²) in [6.45, 7) is 2.07. The lowest BCUT2D eigenvalue weighted by atomic mass is 10.0. The van der Waals surface area contributed by atoms with Crippen LogP contribution in [0.2, 0.25) is 5.02 Å². The summed E-state index contributed by atoms with van der Waals surface area (Å²) in [5, 5.41) is 6.21. The van der Waals surface area contributed by atoms with Crippen molar-refractivity contribution in [3.8, 4) is 11.4 Å². The van der Waals surface area contributed by atoms with Gasteiger partial charge in [0.25, 0.3) is 0 Å².